The molecular formula is C18H26N2OS. The number of aryl methyl sites for hydroxylation is 2. The molecule has 22 heavy (non-hydrogen) atoms. The number of hydrogen-bond donors (Lipinski definition) is 1. The molecule has 4 heteroatoms. The van der Waals surface area contributed by atoms with E-state index in [1.165, 1.54) is 41.2 Å². The van der Waals surface area contributed by atoms with Gasteiger partial charge in [0.15, 0.2) is 0 Å². The summed E-state index contributed by atoms with van der Waals surface area (Å²) in [5.41, 5.74) is 1.43. The van der Waals surface area contributed by atoms with E-state index in [2.05, 4.69) is 43.1 Å². The third kappa shape index (κ3) is 3.45. The smallest absolute Gasteiger partial charge is 0.122 e. The van der Waals surface area contributed by atoms with Crippen molar-refractivity contribution in [1.82, 2.24) is 10.2 Å². The average molecular weight is 318 g/mol. The standard InChI is InChI=1S/C18H26N2OS/c1-13-11-16(15(3)22-13)14(2)19-12-17(18-7-6-10-21-18)20-8-4-5-9-20/h6-7,10-11,14,17,19H,4-5,8-9,12H2,1-3H3. The second-order valence-electron chi connectivity index (χ2n) is 6.27. The highest BCUT2D eigenvalue weighted by molar-refractivity contribution is 7.12. The molecule has 2 aromatic heterocycles. The fourth-order valence-corrected chi connectivity index (χ4v) is 4.44. The summed E-state index contributed by atoms with van der Waals surface area (Å²) < 4.78 is 5.69. The lowest BCUT2D eigenvalue weighted by Crippen LogP contribution is -2.35. The Morgan fingerprint density at radius 2 is 2.09 bits per heavy atom. The largest absolute Gasteiger partial charge is 0.468 e. The van der Waals surface area contributed by atoms with E-state index in [-0.39, 0.29) is 0 Å². The summed E-state index contributed by atoms with van der Waals surface area (Å²) in [4.78, 5) is 5.36. The minimum Gasteiger partial charge on any atom is -0.468 e. The molecule has 2 aromatic rings. The first-order valence-electron chi connectivity index (χ1n) is 8.23. The molecule has 1 saturated heterocycles. The van der Waals surface area contributed by atoms with Gasteiger partial charge in [0.25, 0.3) is 0 Å². The number of furan rings is 1. The Hall–Kier alpha value is -1.10. The van der Waals surface area contributed by atoms with Gasteiger partial charge in [-0.2, -0.15) is 0 Å². The Balaban J connectivity index is 1.67. The Labute approximate surface area is 137 Å². The Morgan fingerprint density at radius 3 is 2.68 bits per heavy atom. The first-order valence-corrected chi connectivity index (χ1v) is 9.04. The van der Waals surface area contributed by atoms with Gasteiger partial charge in [0.1, 0.15) is 5.76 Å². The van der Waals surface area contributed by atoms with Crippen molar-refractivity contribution < 1.29 is 4.42 Å². The van der Waals surface area contributed by atoms with Crippen LogP contribution in [0.3, 0.4) is 0 Å². The van der Waals surface area contributed by atoms with Crippen LogP contribution >= 0.6 is 11.3 Å². The molecule has 0 radical (unpaired) electrons. The number of hydrogen-bond acceptors (Lipinski definition) is 4. The van der Waals surface area contributed by atoms with Gasteiger partial charge in [-0.1, -0.05) is 0 Å². The Bertz CT molecular complexity index is 584. The van der Waals surface area contributed by atoms with Crippen LogP contribution in [0.1, 0.15) is 52.9 Å². The SMILES string of the molecule is Cc1cc(C(C)NCC(c2ccco2)N2CCCC2)c(C)s1. The van der Waals surface area contributed by atoms with Gasteiger partial charge in [-0.25, -0.2) is 0 Å². The quantitative estimate of drug-likeness (QED) is 0.853. The van der Waals surface area contributed by atoms with Crippen LogP contribution in [0.2, 0.25) is 0 Å². The molecule has 2 atom stereocenters. The van der Waals surface area contributed by atoms with Gasteiger partial charge in [0.05, 0.1) is 12.3 Å². The molecule has 0 spiro atoms. The van der Waals surface area contributed by atoms with E-state index >= 15 is 0 Å². The molecule has 0 bridgehead atoms. The fourth-order valence-electron chi connectivity index (χ4n) is 3.42. The number of nitrogens with zero attached hydrogens (tertiary/aromatic N) is 1. The molecule has 0 aromatic carbocycles. The van der Waals surface area contributed by atoms with Crippen LogP contribution in [0.15, 0.2) is 28.9 Å². The predicted molar refractivity (Wildman–Crippen MR) is 92.5 cm³/mol. The third-order valence-electron chi connectivity index (χ3n) is 4.62. The van der Waals surface area contributed by atoms with Gasteiger partial charge in [-0.05, 0) is 70.5 Å². The number of nitrogens with one attached hydrogen (secondary N) is 1. The normalized spacial score (nSPS) is 18.7. The molecule has 3 nitrogen and oxygen atoms in total. The van der Waals surface area contributed by atoms with Gasteiger partial charge >= 0.3 is 0 Å². The lowest BCUT2D eigenvalue weighted by atomic mass is 10.1. The maximum Gasteiger partial charge on any atom is 0.122 e. The predicted octanol–water partition coefficient (Wildman–Crippen LogP) is 4.45. The minimum atomic E-state index is 0.347. The first-order chi connectivity index (χ1) is 10.6. The Kier molecular flexibility index (Phi) is 5.01. The summed E-state index contributed by atoms with van der Waals surface area (Å²) in [5, 5.41) is 3.72. The molecule has 0 saturated carbocycles. The molecule has 1 aliphatic heterocycles. The fraction of sp³-hybridized carbons (Fsp3) is 0.556. The van der Waals surface area contributed by atoms with Crippen molar-refractivity contribution in [2.75, 3.05) is 19.6 Å². The molecular weight excluding hydrogens is 292 g/mol. The van der Waals surface area contributed by atoms with E-state index in [1.807, 2.05) is 17.4 Å². The van der Waals surface area contributed by atoms with Crippen LogP contribution in [-0.4, -0.2) is 24.5 Å². The van der Waals surface area contributed by atoms with Gasteiger partial charge in [-0.15, -0.1) is 11.3 Å². The summed E-state index contributed by atoms with van der Waals surface area (Å²) >= 11 is 1.89. The highest BCUT2D eigenvalue weighted by Crippen LogP contribution is 2.28. The molecule has 1 aliphatic rings. The summed E-state index contributed by atoms with van der Waals surface area (Å²) in [6, 6.07) is 7.14. The number of rotatable bonds is 6. The first kappa shape index (κ1) is 15.8. The third-order valence-corrected chi connectivity index (χ3v) is 5.60. The summed E-state index contributed by atoms with van der Waals surface area (Å²) in [5.74, 6) is 1.08. The van der Waals surface area contributed by atoms with Crippen LogP contribution in [-0.2, 0) is 0 Å². The molecule has 1 N–H and O–H groups in total. The number of likely N-dealkylation sites (tertiary alicyclic amines) is 1. The molecule has 120 valence electrons. The molecule has 0 amide bonds. The molecule has 3 rings (SSSR count). The van der Waals surface area contributed by atoms with Crippen LogP contribution < -0.4 is 5.32 Å². The summed E-state index contributed by atoms with van der Waals surface area (Å²) in [7, 11) is 0. The van der Waals surface area contributed by atoms with Crippen molar-refractivity contribution in [3.05, 3.63) is 45.5 Å². The zero-order valence-corrected chi connectivity index (χ0v) is 14.6. The second kappa shape index (κ2) is 6.99. The van der Waals surface area contributed by atoms with Crippen LogP contribution in [0.5, 0.6) is 0 Å². The minimum absolute atomic E-state index is 0.347. The molecule has 3 heterocycles. The lowest BCUT2D eigenvalue weighted by Gasteiger charge is -2.27. The van der Waals surface area contributed by atoms with E-state index in [4.69, 9.17) is 4.42 Å². The van der Waals surface area contributed by atoms with Gasteiger partial charge < -0.3 is 9.73 Å². The van der Waals surface area contributed by atoms with Crippen LogP contribution in [0, 0.1) is 13.8 Å². The maximum atomic E-state index is 5.69. The van der Waals surface area contributed by atoms with E-state index < -0.39 is 0 Å². The lowest BCUT2D eigenvalue weighted by molar-refractivity contribution is 0.205. The van der Waals surface area contributed by atoms with E-state index in [0.717, 1.165) is 12.3 Å². The molecule has 2 unspecified atom stereocenters. The monoisotopic (exact) mass is 318 g/mol. The van der Waals surface area contributed by atoms with Crippen molar-refractivity contribution >= 4 is 11.3 Å². The molecule has 0 aliphatic carbocycles. The van der Waals surface area contributed by atoms with Crippen molar-refractivity contribution in [2.45, 2.75) is 45.7 Å². The van der Waals surface area contributed by atoms with Crippen molar-refractivity contribution in [3.63, 3.8) is 0 Å². The molecule has 1 fully saturated rings. The highest BCUT2D eigenvalue weighted by atomic mass is 32.1. The van der Waals surface area contributed by atoms with Gasteiger partial charge in [0, 0.05) is 22.3 Å². The summed E-state index contributed by atoms with van der Waals surface area (Å²) in [6.45, 7) is 9.95. The van der Waals surface area contributed by atoms with E-state index in [9.17, 15) is 0 Å². The highest BCUT2D eigenvalue weighted by Gasteiger charge is 2.26. The second-order valence-corrected chi connectivity index (χ2v) is 7.73. The van der Waals surface area contributed by atoms with Crippen LogP contribution in [0.4, 0.5) is 0 Å². The zero-order chi connectivity index (χ0) is 15.5. The van der Waals surface area contributed by atoms with Crippen LogP contribution in [0.25, 0.3) is 0 Å². The van der Waals surface area contributed by atoms with Gasteiger partial charge in [-0.3, -0.25) is 4.90 Å². The van der Waals surface area contributed by atoms with Crippen molar-refractivity contribution in [1.29, 1.82) is 0 Å². The van der Waals surface area contributed by atoms with Crippen molar-refractivity contribution in [2.24, 2.45) is 0 Å². The summed E-state index contributed by atoms with van der Waals surface area (Å²) in [6.07, 6.45) is 4.39. The topological polar surface area (TPSA) is 28.4 Å². The maximum absolute atomic E-state index is 5.69. The average Bonchev–Trinajstić information content (AvgIpc) is 3.21. The van der Waals surface area contributed by atoms with Crippen molar-refractivity contribution in [3.8, 4) is 0 Å². The Morgan fingerprint density at radius 1 is 1.32 bits per heavy atom. The van der Waals surface area contributed by atoms with Gasteiger partial charge in [0.2, 0.25) is 0 Å². The van der Waals surface area contributed by atoms with E-state index in [1.54, 1.807) is 6.26 Å². The number of thiophene rings is 1. The van der Waals surface area contributed by atoms with E-state index in [0.29, 0.717) is 12.1 Å². The zero-order valence-electron chi connectivity index (χ0n) is 13.8.